The molecular weight excluding hydrogens is 228 g/mol. The third kappa shape index (κ3) is 4.20. The summed E-state index contributed by atoms with van der Waals surface area (Å²) in [7, 11) is 1.67. The van der Waals surface area contributed by atoms with E-state index in [0.29, 0.717) is 13.2 Å². The maximum Gasteiger partial charge on any atom is 0.332 e. The first kappa shape index (κ1) is 13.7. The number of carboxylic acids is 1. The van der Waals surface area contributed by atoms with Gasteiger partial charge in [0.25, 0.3) is 0 Å². The van der Waals surface area contributed by atoms with Crippen molar-refractivity contribution in [2.24, 2.45) is 0 Å². The number of hydrogen-bond acceptors (Lipinski definition) is 4. The fraction of sp³-hybridized carbons (Fsp3) is 0.800. The molecule has 1 heterocycles. The number of aliphatic carboxylic acids is 1. The van der Waals surface area contributed by atoms with Crippen molar-refractivity contribution in [1.29, 1.82) is 0 Å². The number of nitrogens with one attached hydrogen (secondary N) is 1. The van der Waals surface area contributed by atoms with E-state index in [2.05, 4.69) is 5.32 Å². The Bertz CT molecular complexity index is 278. The van der Waals surface area contributed by atoms with E-state index in [1.807, 2.05) is 0 Å². The van der Waals surface area contributed by atoms with Gasteiger partial charge in [0, 0.05) is 26.6 Å². The van der Waals surface area contributed by atoms with Gasteiger partial charge in [0.1, 0.15) is 0 Å². The molecule has 1 saturated heterocycles. The first-order chi connectivity index (χ1) is 8.02. The highest BCUT2D eigenvalue weighted by Gasteiger charge is 2.24. The van der Waals surface area contributed by atoms with Gasteiger partial charge < -0.3 is 25.2 Å². The van der Waals surface area contributed by atoms with Gasteiger partial charge in [-0.25, -0.2) is 9.59 Å². The zero-order valence-corrected chi connectivity index (χ0v) is 9.76. The predicted molar refractivity (Wildman–Crippen MR) is 58.6 cm³/mol. The second-order valence-corrected chi connectivity index (χ2v) is 4.00. The van der Waals surface area contributed by atoms with Crippen molar-refractivity contribution in [2.45, 2.75) is 25.0 Å². The lowest BCUT2D eigenvalue weighted by molar-refractivity contribution is -0.146. The molecule has 0 aliphatic carbocycles. The number of nitrogens with zero attached hydrogens (tertiary/aromatic N) is 1. The maximum absolute atomic E-state index is 11.6. The van der Waals surface area contributed by atoms with Gasteiger partial charge >= 0.3 is 12.0 Å². The number of carbonyl (C=O) groups excluding carboxylic acids is 1. The zero-order chi connectivity index (χ0) is 12.8. The van der Waals surface area contributed by atoms with Crippen LogP contribution in [0.1, 0.15) is 12.8 Å². The quantitative estimate of drug-likeness (QED) is 0.593. The van der Waals surface area contributed by atoms with Crippen molar-refractivity contribution in [1.82, 2.24) is 10.2 Å². The summed E-state index contributed by atoms with van der Waals surface area (Å²) < 4.78 is 5.16. The molecule has 98 valence electrons. The summed E-state index contributed by atoms with van der Waals surface area (Å²) in [4.78, 5) is 23.5. The lowest BCUT2D eigenvalue weighted by atomic mass is 10.2. The van der Waals surface area contributed by atoms with Crippen molar-refractivity contribution < 1.29 is 24.5 Å². The predicted octanol–water partition coefficient (Wildman–Crippen LogP) is -0.748. The molecule has 0 bridgehead atoms. The molecule has 1 fully saturated rings. The highest BCUT2D eigenvalue weighted by Crippen LogP contribution is 2.10. The molecular formula is C10H18N2O5. The smallest absolute Gasteiger partial charge is 0.332 e. The minimum atomic E-state index is -1.43. The van der Waals surface area contributed by atoms with Gasteiger partial charge in [-0.1, -0.05) is 0 Å². The molecule has 0 radical (unpaired) electrons. The Balaban J connectivity index is 2.22. The first-order valence-electron chi connectivity index (χ1n) is 5.51. The molecule has 1 rings (SSSR count). The van der Waals surface area contributed by atoms with Crippen molar-refractivity contribution in [3.63, 3.8) is 0 Å². The van der Waals surface area contributed by atoms with Crippen LogP contribution < -0.4 is 5.32 Å². The summed E-state index contributed by atoms with van der Waals surface area (Å²) >= 11 is 0. The molecule has 7 nitrogen and oxygen atoms in total. The molecule has 1 aliphatic rings. The fourth-order valence-corrected chi connectivity index (χ4v) is 1.56. The number of urea groups is 1. The van der Waals surface area contributed by atoms with E-state index >= 15 is 0 Å². The summed E-state index contributed by atoms with van der Waals surface area (Å²) in [6, 6.07) is -0.211. The fourth-order valence-electron chi connectivity index (χ4n) is 1.56. The standard InChI is InChI=1S/C10H18N2O5/c1-12(7-3-5-17-6-7)10(16)11-4-2-8(13)9(14)15/h7-8,13H,2-6H2,1H3,(H,11,16)(H,14,15). The number of aliphatic hydroxyl groups is 1. The van der Waals surface area contributed by atoms with Crippen LogP contribution in [0.2, 0.25) is 0 Å². The van der Waals surface area contributed by atoms with Gasteiger partial charge in [-0.3, -0.25) is 0 Å². The molecule has 0 aromatic heterocycles. The number of rotatable bonds is 5. The van der Waals surface area contributed by atoms with Crippen molar-refractivity contribution in [3.05, 3.63) is 0 Å². The highest BCUT2D eigenvalue weighted by atomic mass is 16.5. The Morgan fingerprint density at radius 1 is 1.59 bits per heavy atom. The minimum absolute atomic E-state index is 0.00389. The average molecular weight is 246 g/mol. The number of carbonyl (C=O) groups is 2. The van der Waals surface area contributed by atoms with Crippen LogP contribution in [0.5, 0.6) is 0 Å². The Kier molecular flexibility index (Phi) is 5.17. The van der Waals surface area contributed by atoms with Crippen LogP contribution in [-0.2, 0) is 9.53 Å². The Labute approximate surface area is 99.4 Å². The van der Waals surface area contributed by atoms with E-state index in [-0.39, 0.29) is 25.0 Å². The number of hydrogen-bond donors (Lipinski definition) is 3. The summed E-state index contributed by atoms with van der Waals surface area (Å²) in [5.74, 6) is -1.28. The third-order valence-corrected chi connectivity index (χ3v) is 2.75. The summed E-state index contributed by atoms with van der Waals surface area (Å²) in [6.45, 7) is 1.31. The molecule has 2 atom stereocenters. The second-order valence-electron chi connectivity index (χ2n) is 4.00. The van der Waals surface area contributed by atoms with Crippen LogP contribution in [0, 0.1) is 0 Å². The molecule has 2 unspecified atom stereocenters. The molecule has 1 aliphatic heterocycles. The van der Waals surface area contributed by atoms with Crippen molar-refractivity contribution in [3.8, 4) is 0 Å². The van der Waals surface area contributed by atoms with Crippen LogP contribution in [-0.4, -0.2) is 66.1 Å². The summed E-state index contributed by atoms with van der Waals surface area (Å²) in [5.41, 5.74) is 0. The van der Waals surface area contributed by atoms with Gasteiger partial charge in [-0.2, -0.15) is 0 Å². The van der Waals surface area contributed by atoms with Crippen molar-refractivity contribution >= 4 is 12.0 Å². The lowest BCUT2D eigenvalue weighted by Crippen LogP contribution is -2.44. The monoisotopic (exact) mass is 246 g/mol. The largest absolute Gasteiger partial charge is 0.479 e. The number of ether oxygens (including phenoxy) is 1. The van der Waals surface area contributed by atoms with Crippen LogP contribution in [0.15, 0.2) is 0 Å². The number of amides is 2. The Morgan fingerprint density at radius 3 is 2.82 bits per heavy atom. The third-order valence-electron chi connectivity index (χ3n) is 2.75. The van der Waals surface area contributed by atoms with E-state index < -0.39 is 12.1 Å². The lowest BCUT2D eigenvalue weighted by Gasteiger charge is -2.23. The van der Waals surface area contributed by atoms with Crippen molar-refractivity contribution in [2.75, 3.05) is 26.8 Å². The SMILES string of the molecule is CN(C(=O)NCCC(O)C(=O)O)C1CCOC1. The highest BCUT2D eigenvalue weighted by molar-refractivity contribution is 5.74. The second kappa shape index (κ2) is 6.41. The molecule has 2 amide bonds. The molecule has 0 saturated carbocycles. The molecule has 7 heteroatoms. The van der Waals surface area contributed by atoms with Crippen LogP contribution in [0.25, 0.3) is 0 Å². The van der Waals surface area contributed by atoms with E-state index in [4.69, 9.17) is 14.9 Å². The summed E-state index contributed by atoms with van der Waals surface area (Å²) in [6.07, 6.45) is -0.631. The number of aliphatic hydroxyl groups excluding tert-OH is 1. The topological polar surface area (TPSA) is 99.1 Å². The van der Waals surface area contributed by atoms with Gasteiger partial charge in [0.2, 0.25) is 0 Å². The van der Waals surface area contributed by atoms with Crippen LogP contribution in [0.3, 0.4) is 0 Å². The van der Waals surface area contributed by atoms with Gasteiger partial charge in [0.15, 0.2) is 6.10 Å². The molecule has 17 heavy (non-hydrogen) atoms. The average Bonchev–Trinajstić information content (AvgIpc) is 2.80. The number of carboxylic acid groups (broad SMARTS) is 1. The molecule has 0 spiro atoms. The Morgan fingerprint density at radius 2 is 2.29 bits per heavy atom. The zero-order valence-electron chi connectivity index (χ0n) is 9.76. The van der Waals surface area contributed by atoms with Gasteiger partial charge in [-0.05, 0) is 6.42 Å². The summed E-state index contributed by atoms with van der Waals surface area (Å²) in [5, 5.41) is 20.0. The normalized spacial score (nSPS) is 20.9. The molecule has 0 aromatic carbocycles. The van der Waals surface area contributed by atoms with Gasteiger partial charge in [-0.15, -0.1) is 0 Å². The van der Waals surface area contributed by atoms with E-state index in [9.17, 15) is 9.59 Å². The minimum Gasteiger partial charge on any atom is -0.479 e. The van der Waals surface area contributed by atoms with Crippen LogP contribution >= 0.6 is 0 Å². The molecule has 3 N–H and O–H groups in total. The maximum atomic E-state index is 11.6. The van der Waals surface area contributed by atoms with E-state index in [1.54, 1.807) is 11.9 Å². The van der Waals surface area contributed by atoms with Gasteiger partial charge in [0.05, 0.1) is 12.6 Å². The Hall–Kier alpha value is -1.34. The first-order valence-corrected chi connectivity index (χ1v) is 5.51. The van der Waals surface area contributed by atoms with E-state index in [0.717, 1.165) is 6.42 Å². The van der Waals surface area contributed by atoms with Crippen LogP contribution in [0.4, 0.5) is 4.79 Å². The van der Waals surface area contributed by atoms with E-state index in [1.165, 1.54) is 0 Å². The number of likely N-dealkylation sites (N-methyl/N-ethyl adjacent to an activating group) is 1. The molecule has 0 aromatic rings.